The van der Waals surface area contributed by atoms with Crippen LogP contribution in [0.25, 0.3) is 11.0 Å². The zero-order chi connectivity index (χ0) is 19.7. The Kier molecular flexibility index (Phi) is 4.72. The van der Waals surface area contributed by atoms with E-state index in [1.54, 1.807) is 49.0 Å². The fourth-order valence-corrected chi connectivity index (χ4v) is 3.89. The molecule has 1 saturated heterocycles. The molecule has 1 atom stereocenters. The van der Waals surface area contributed by atoms with Gasteiger partial charge in [0.25, 0.3) is 5.91 Å². The highest BCUT2D eigenvalue weighted by Crippen LogP contribution is 2.26. The van der Waals surface area contributed by atoms with E-state index in [1.807, 2.05) is 22.6 Å². The average molecular weight is 380 g/mol. The predicted octanol–water partition coefficient (Wildman–Crippen LogP) is 1.47. The molecule has 1 unspecified atom stereocenters. The molecule has 1 aromatic carbocycles. The number of β-amino-alcohol motifs (C(OH)–C–C–N with tert-alkyl or cyclic N) is 1. The number of carbonyl (C=O) groups excluding carboxylic acids is 1. The summed E-state index contributed by atoms with van der Waals surface area (Å²) in [5.41, 5.74) is 1.34. The van der Waals surface area contributed by atoms with Gasteiger partial charge in [0.05, 0.1) is 35.7 Å². The zero-order valence-electron chi connectivity index (χ0n) is 16.1. The topological polar surface area (TPSA) is 87.4 Å². The van der Waals surface area contributed by atoms with Crippen LogP contribution in [0.5, 0.6) is 0 Å². The minimum Gasteiger partial charge on any atom is -0.386 e. The van der Waals surface area contributed by atoms with Crippen molar-refractivity contribution in [2.75, 3.05) is 31.6 Å². The van der Waals surface area contributed by atoms with E-state index in [0.717, 1.165) is 29.8 Å². The first kappa shape index (κ1) is 18.4. The number of piperidine rings is 1. The molecule has 0 saturated carbocycles. The third-order valence-corrected chi connectivity index (χ3v) is 5.28. The molecule has 0 radical (unpaired) electrons. The maximum Gasteiger partial charge on any atom is 0.253 e. The number of anilines is 1. The van der Waals surface area contributed by atoms with Gasteiger partial charge in [-0.15, -0.1) is 0 Å². The Morgan fingerprint density at radius 2 is 2.18 bits per heavy atom. The third-order valence-electron chi connectivity index (χ3n) is 5.28. The lowest BCUT2D eigenvalue weighted by molar-refractivity contribution is -0.000140. The van der Waals surface area contributed by atoms with Crippen LogP contribution in [0, 0.1) is 0 Å². The molecule has 28 heavy (non-hydrogen) atoms. The van der Waals surface area contributed by atoms with E-state index in [1.165, 1.54) is 0 Å². The van der Waals surface area contributed by atoms with E-state index in [2.05, 4.69) is 15.0 Å². The van der Waals surface area contributed by atoms with Gasteiger partial charge < -0.3 is 19.5 Å². The van der Waals surface area contributed by atoms with E-state index in [-0.39, 0.29) is 12.5 Å². The van der Waals surface area contributed by atoms with E-state index in [9.17, 15) is 9.90 Å². The van der Waals surface area contributed by atoms with Crippen molar-refractivity contribution in [2.24, 2.45) is 7.05 Å². The number of aromatic nitrogens is 4. The van der Waals surface area contributed by atoms with E-state index in [4.69, 9.17) is 0 Å². The minimum atomic E-state index is -0.991. The Morgan fingerprint density at radius 1 is 1.32 bits per heavy atom. The number of carbonyl (C=O) groups is 1. The number of fused-ring (bicyclic) bond motifs is 1. The molecule has 1 N–H and O–H groups in total. The SMILES string of the molecule is CN(CC1(O)CCCN(c2cnccn2)C1)C(=O)c1ccc2c(c1)ncn2C. The van der Waals surface area contributed by atoms with Crippen molar-refractivity contribution in [3.63, 3.8) is 0 Å². The molecule has 0 spiro atoms. The average Bonchev–Trinajstić information content (AvgIpc) is 3.08. The van der Waals surface area contributed by atoms with Crippen molar-refractivity contribution in [1.29, 1.82) is 0 Å². The summed E-state index contributed by atoms with van der Waals surface area (Å²) in [7, 11) is 3.65. The molecular formula is C20H24N6O2. The molecule has 8 nitrogen and oxygen atoms in total. The molecule has 0 bridgehead atoms. The number of aryl methyl sites for hydroxylation is 1. The first-order chi connectivity index (χ1) is 13.5. The molecule has 3 aromatic rings. The second-order valence-corrected chi connectivity index (χ2v) is 7.53. The minimum absolute atomic E-state index is 0.127. The maximum absolute atomic E-state index is 12.9. The van der Waals surface area contributed by atoms with Crippen LogP contribution in [0.1, 0.15) is 23.2 Å². The fraction of sp³-hybridized carbons (Fsp3) is 0.400. The quantitative estimate of drug-likeness (QED) is 0.737. The second kappa shape index (κ2) is 7.20. The van der Waals surface area contributed by atoms with Gasteiger partial charge in [-0.1, -0.05) is 0 Å². The third kappa shape index (κ3) is 3.55. The number of imidazole rings is 1. The van der Waals surface area contributed by atoms with Gasteiger partial charge in [0.2, 0.25) is 0 Å². The Hall–Kier alpha value is -3.00. The van der Waals surface area contributed by atoms with Crippen LogP contribution in [0.3, 0.4) is 0 Å². The first-order valence-corrected chi connectivity index (χ1v) is 9.35. The molecule has 1 fully saturated rings. The van der Waals surface area contributed by atoms with Crippen LogP contribution in [-0.4, -0.2) is 67.7 Å². The molecule has 1 aliphatic heterocycles. The van der Waals surface area contributed by atoms with Crippen molar-refractivity contribution in [2.45, 2.75) is 18.4 Å². The number of hydrogen-bond acceptors (Lipinski definition) is 6. The van der Waals surface area contributed by atoms with E-state index < -0.39 is 5.60 Å². The van der Waals surface area contributed by atoms with Crippen LogP contribution in [0.15, 0.2) is 43.1 Å². The van der Waals surface area contributed by atoms with Crippen molar-refractivity contribution in [1.82, 2.24) is 24.4 Å². The molecular weight excluding hydrogens is 356 g/mol. The van der Waals surface area contributed by atoms with Crippen molar-refractivity contribution < 1.29 is 9.90 Å². The summed E-state index contributed by atoms with van der Waals surface area (Å²) < 4.78 is 1.92. The van der Waals surface area contributed by atoms with Gasteiger partial charge in [-0.3, -0.25) is 9.78 Å². The number of likely N-dealkylation sites (N-methyl/N-ethyl adjacent to an activating group) is 1. The number of nitrogens with zero attached hydrogens (tertiary/aromatic N) is 6. The first-order valence-electron chi connectivity index (χ1n) is 9.35. The molecule has 1 aliphatic rings. The Morgan fingerprint density at radius 3 is 2.96 bits per heavy atom. The lowest BCUT2D eigenvalue weighted by atomic mass is 9.92. The van der Waals surface area contributed by atoms with E-state index in [0.29, 0.717) is 18.5 Å². The van der Waals surface area contributed by atoms with Crippen LogP contribution in [0.4, 0.5) is 5.82 Å². The highest BCUT2D eigenvalue weighted by Gasteiger charge is 2.36. The number of aliphatic hydroxyl groups is 1. The summed E-state index contributed by atoms with van der Waals surface area (Å²) in [4.78, 5) is 29.3. The number of hydrogen-bond donors (Lipinski definition) is 1. The van der Waals surface area contributed by atoms with Crippen LogP contribution in [0.2, 0.25) is 0 Å². The summed E-state index contributed by atoms with van der Waals surface area (Å²) in [5, 5.41) is 11.1. The van der Waals surface area contributed by atoms with Gasteiger partial charge in [0.1, 0.15) is 5.82 Å². The maximum atomic E-state index is 12.9. The van der Waals surface area contributed by atoms with Crippen LogP contribution >= 0.6 is 0 Å². The molecule has 8 heteroatoms. The summed E-state index contributed by atoms with van der Waals surface area (Å²) in [6, 6.07) is 5.50. The summed E-state index contributed by atoms with van der Waals surface area (Å²) >= 11 is 0. The Balaban J connectivity index is 1.48. The molecule has 146 valence electrons. The standard InChI is InChI=1S/C20H24N6O2/c1-24(19(27)15-4-5-17-16(10-15)23-14-25(17)2)12-20(28)6-3-9-26(13-20)18-11-21-7-8-22-18/h4-5,7-8,10-11,14,28H,3,6,9,12-13H2,1-2H3. The van der Waals surface area contributed by atoms with Crippen LogP contribution < -0.4 is 4.90 Å². The van der Waals surface area contributed by atoms with Crippen LogP contribution in [-0.2, 0) is 7.05 Å². The van der Waals surface area contributed by atoms with Gasteiger partial charge in [-0.25, -0.2) is 9.97 Å². The van der Waals surface area contributed by atoms with Gasteiger partial charge in [0, 0.05) is 45.1 Å². The van der Waals surface area contributed by atoms with Gasteiger partial charge in [-0.05, 0) is 31.0 Å². The lowest BCUT2D eigenvalue weighted by Gasteiger charge is -2.41. The highest BCUT2D eigenvalue weighted by molar-refractivity contribution is 5.97. The monoisotopic (exact) mass is 380 g/mol. The number of rotatable bonds is 4. The summed E-state index contributed by atoms with van der Waals surface area (Å²) in [6.07, 6.45) is 8.17. The Bertz CT molecular complexity index is 989. The van der Waals surface area contributed by atoms with Gasteiger partial charge in [-0.2, -0.15) is 0 Å². The normalized spacial score (nSPS) is 19.8. The number of benzene rings is 1. The molecule has 0 aliphatic carbocycles. The largest absolute Gasteiger partial charge is 0.386 e. The smallest absolute Gasteiger partial charge is 0.253 e. The Labute approximate surface area is 163 Å². The molecule has 2 aromatic heterocycles. The predicted molar refractivity (Wildman–Crippen MR) is 106 cm³/mol. The molecule has 3 heterocycles. The molecule has 1 amide bonds. The summed E-state index contributed by atoms with van der Waals surface area (Å²) in [5.74, 6) is 0.618. The highest BCUT2D eigenvalue weighted by atomic mass is 16.3. The van der Waals surface area contributed by atoms with Crippen molar-refractivity contribution >= 4 is 22.8 Å². The number of amides is 1. The zero-order valence-corrected chi connectivity index (χ0v) is 16.1. The van der Waals surface area contributed by atoms with Gasteiger partial charge in [0.15, 0.2) is 0 Å². The van der Waals surface area contributed by atoms with Crippen molar-refractivity contribution in [3.8, 4) is 0 Å². The summed E-state index contributed by atoms with van der Waals surface area (Å²) in [6.45, 7) is 1.49. The second-order valence-electron chi connectivity index (χ2n) is 7.53. The lowest BCUT2D eigenvalue weighted by Crippen LogP contribution is -2.54. The molecule has 4 rings (SSSR count). The van der Waals surface area contributed by atoms with Gasteiger partial charge >= 0.3 is 0 Å². The van der Waals surface area contributed by atoms with E-state index >= 15 is 0 Å². The fourth-order valence-electron chi connectivity index (χ4n) is 3.89. The van der Waals surface area contributed by atoms with Crippen molar-refractivity contribution in [3.05, 3.63) is 48.7 Å².